The van der Waals surface area contributed by atoms with Gasteiger partial charge in [0.15, 0.2) is 0 Å². The summed E-state index contributed by atoms with van der Waals surface area (Å²) in [5.74, 6) is -0.180. The molecular formula is C19H24N2O3S2. The number of rotatable bonds is 6. The average molecular weight is 393 g/mol. The fourth-order valence-corrected chi connectivity index (χ4v) is 5.29. The smallest absolute Gasteiger partial charge is 0.251 e. The Labute approximate surface area is 159 Å². The van der Waals surface area contributed by atoms with Crippen LogP contribution in [0.3, 0.4) is 0 Å². The van der Waals surface area contributed by atoms with E-state index in [1.54, 1.807) is 27.8 Å². The van der Waals surface area contributed by atoms with E-state index in [-0.39, 0.29) is 10.8 Å². The van der Waals surface area contributed by atoms with Crippen LogP contribution in [0.1, 0.15) is 40.9 Å². The van der Waals surface area contributed by atoms with Crippen molar-refractivity contribution in [1.29, 1.82) is 0 Å². The summed E-state index contributed by atoms with van der Waals surface area (Å²) < 4.78 is 27.1. The number of carbonyl (C=O) groups excluding carboxylic acids is 1. The minimum Gasteiger partial charge on any atom is -0.352 e. The maximum Gasteiger partial charge on any atom is 0.251 e. The Morgan fingerprint density at radius 1 is 1.04 bits per heavy atom. The molecule has 0 bridgehead atoms. The fourth-order valence-electron chi connectivity index (χ4n) is 3.07. The van der Waals surface area contributed by atoms with E-state index in [9.17, 15) is 13.2 Å². The largest absolute Gasteiger partial charge is 0.352 e. The number of hydrogen-bond donors (Lipinski definition) is 1. The summed E-state index contributed by atoms with van der Waals surface area (Å²) in [6.07, 6.45) is 4.77. The van der Waals surface area contributed by atoms with Crippen LogP contribution < -0.4 is 5.32 Å². The van der Waals surface area contributed by atoms with E-state index in [0.29, 0.717) is 25.2 Å². The molecule has 0 saturated carbocycles. The van der Waals surface area contributed by atoms with Crippen molar-refractivity contribution in [2.75, 3.05) is 19.6 Å². The lowest BCUT2D eigenvalue weighted by atomic mass is 10.2. The van der Waals surface area contributed by atoms with Gasteiger partial charge < -0.3 is 5.32 Å². The van der Waals surface area contributed by atoms with Gasteiger partial charge in [-0.05, 0) is 55.0 Å². The zero-order valence-electron chi connectivity index (χ0n) is 14.7. The maximum absolute atomic E-state index is 12.8. The van der Waals surface area contributed by atoms with Crippen molar-refractivity contribution in [1.82, 2.24) is 9.62 Å². The first-order valence-corrected chi connectivity index (χ1v) is 11.3. The van der Waals surface area contributed by atoms with E-state index in [0.717, 1.165) is 32.1 Å². The predicted octanol–water partition coefficient (Wildman–Crippen LogP) is 3.29. The Hall–Kier alpha value is -1.70. The second-order valence-electron chi connectivity index (χ2n) is 6.43. The van der Waals surface area contributed by atoms with Gasteiger partial charge in [-0.15, -0.1) is 11.3 Å². The first kappa shape index (κ1) is 19.1. The topological polar surface area (TPSA) is 66.5 Å². The van der Waals surface area contributed by atoms with Crippen LogP contribution in [-0.2, 0) is 16.4 Å². The SMILES string of the molecule is O=C(NCCc1cccs1)c1ccc(S(=O)(=O)N2CCCCCC2)cc1. The molecule has 1 amide bonds. The molecule has 26 heavy (non-hydrogen) atoms. The highest BCUT2D eigenvalue weighted by Gasteiger charge is 2.25. The third-order valence-electron chi connectivity index (χ3n) is 4.56. The Bertz CT molecular complexity index is 807. The number of hydrogen-bond acceptors (Lipinski definition) is 4. The van der Waals surface area contributed by atoms with E-state index < -0.39 is 10.0 Å². The van der Waals surface area contributed by atoms with Gasteiger partial charge in [-0.25, -0.2) is 8.42 Å². The molecule has 0 radical (unpaired) electrons. The number of nitrogens with one attached hydrogen (secondary N) is 1. The molecule has 1 aliphatic rings. The van der Waals surface area contributed by atoms with E-state index in [2.05, 4.69) is 5.32 Å². The molecule has 3 rings (SSSR count). The zero-order valence-corrected chi connectivity index (χ0v) is 16.3. The highest BCUT2D eigenvalue weighted by molar-refractivity contribution is 7.89. The lowest BCUT2D eigenvalue weighted by Crippen LogP contribution is -2.32. The zero-order chi connectivity index (χ0) is 18.4. The molecule has 0 aliphatic carbocycles. The van der Waals surface area contributed by atoms with Gasteiger partial charge in [0, 0.05) is 30.1 Å². The second kappa shape index (κ2) is 8.79. The number of benzene rings is 1. The third-order valence-corrected chi connectivity index (χ3v) is 7.41. The summed E-state index contributed by atoms with van der Waals surface area (Å²) in [6.45, 7) is 1.72. The molecule has 1 saturated heterocycles. The Kier molecular flexibility index (Phi) is 6.45. The minimum atomic E-state index is -3.47. The second-order valence-corrected chi connectivity index (χ2v) is 9.40. The standard InChI is InChI=1S/C19H24N2O3S2/c22-19(20-12-11-17-6-5-15-25-17)16-7-9-18(10-8-16)26(23,24)21-13-3-1-2-4-14-21/h5-10,15H,1-4,11-14H2,(H,20,22). The molecule has 7 heteroatoms. The van der Waals surface area contributed by atoms with E-state index in [1.807, 2.05) is 17.5 Å². The van der Waals surface area contributed by atoms with Crippen LogP contribution in [0.4, 0.5) is 0 Å². The minimum absolute atomic E-state index is 0.180. The summed E-state index contributed by atoms with van der Waals surface area (Å²) in [7, 11) is -3.47. The van der Waals surface area contributed by atoms with Crippen LogP contribution in [0.15, 0.2) is 46.7 Å². The lowest BCUT2D eigenvalue weighted by Gasteiger charge is -2.20. The van der Waals surface area contributed by atoms with Crippen LogP contribution in [0.25, 0.3) is 0 Å². The van der Waals surface area contributed by atoms with Crippen molar-refractivity contribution < 1.29 is 13.2 Å². The molecule has 1 aliphatic heterocycles. The van der Waals surface area contributed by atoms with Crippen LogP contribution in [0, 0.1) is 0 Å². The molecule has 0 atom stereocenters. The van der Waals surface area contributed by atoms with Crippen LogP contribution in [0.5, 0.6) is 0 Å². The van der Waals surface area contributed by atoms with Gasteiger partial charge in [0.2, 0.25) is 10.0 Å². The number of amides is 1. The van der Waals surface area contributed by atoms with Crippen molar-refractivity contribution in [3.8, 4) is 0 Å². The average Bonchev–Trinajstić information content (AvgIpc) is 3.00. The van der Waals surface area contributed by atoms with Gasteiger partial charge >= 0.3 is 0 Å². The van der Waals surface area contributed by atoms with Crippen LogP contribution in [-0.4, -0.2) is 38.3 Å². The van der Waals surface area contributed by atoms with Crippen LogP contribution >= 0.6 is 11.3 Å². The Morgan fingerprint density at radius 2 is 1.73 bits per heavy atom. The molecular weight excluding hydrogens is 368 g/mol. The molecule has 0 unspecified atom stereocenters. The monoisotopic (exact) mass is 392 g/mol. The molecule has 2 heterocycles. The van der Waals surface area contributed by atoms with Crippen molar-refractivity contribution >= 4 is 27.3 Å². The molecule has 1 N–H and O–H groups in total. The van der Waals surface area contributed by atoms with Crippen molar-refractivity contribution in [3.05, 3.63) is 52.2 Å². The van der Waals surface area contributed by atoms with Gasteiger partial charge in [0.25, 0.3) is 5.91 Å². The van der Waals surface area contributed by atoms with Gasteiger partial charge in [-0.3, -0.25) is 4.79 Å². The molecule has 140 valence electrons. The summed E-state index contributed by atoms with van der Waals surface area (Å²) >= 11 is 1.67. The third kappa shape index (κ3) is 4.72. The number of carbonyl (C=O) groups is 1. The molecule has 1 aromatic heterocycles. The normalized spacial score (nSPS) is 16.2. The van der Waals surface area contributed by atoms with E-state index >= 15 is 0 Å². The van der Waals surface area contributed by atoms with E-state index in [1.165, 1.54) is 17.0 Å². The van der Waals surface area contributed by atoms with E-state index in [4.69, 9.17) is 0 Å². The summed E-state index contributed by atoms with van der Waals surface area (Å²) in [5.41, 5.74) is 0.478. The van der Waals surface area contributed by atoms with Crippen molar-refractivity contribution in [2.45, 2.75) is 37.0 Å². The summed E-state index contributed by atoms with van der Waals surface area (Å²) in [4.78, 5) is 13.7. The number of nitrogens with zero attached hydrogens (tertiary/aromatic N) is 1. The number of thiophene rings is 1. The molecule has 0 spiro atoms. The molecule has 1 fully saturated rings. The van der Waals surface area contributed by atoms with Gasteiger partial charge in [0.05, 0.1) is 4.90 Å². The Balaban J connectivity index is 1.60. The summed E-state index contributed by atoms with van der Waals surface area (Å²) in [6, 6.07) is 10.3. The highest BCUT2D eigenvalue weighted by Crippen LogP contribution is 2.20. The van der Waals surface area contributed by atoms with Crippen molar-refractivity contribution in [2.24, 2.45) is 0 Å². The lowest BCUT2D eigenvalue weighted by molar-refractivity contribution is 0.0954. The van der Waals surface area contributed by atoms with Gasteiger partial charge in [-0.2, -0.15) is 4.31 Å². The molecule has 2 aromatic rings. The van der Waals surface area contributed by atoms with Crippen molar-refractivity contribution in [3.63, 3.8) is 0 Å². The Morgan fingerprint density at radius 3 is 2.35 bits per heavy atom. The first-order chi connectivity index (χ1) is 12.6. The fraction of sp³-hybridized carbons (Fsp3) is 0.421. The number of sulfonamides is 1. The quantitative estimate of drug-likeness (QED) is 0.820. The summed E-state index contributed by atoms with van der Waals surface area (Å²) in [5, 5.41) is 4.89. The molecule has 1 aromatic carbocycles. The molecule has 5 nitrogen and oxygen atoms in total. The highest BCUT2D eigenvalue weighted by atomic mass is 32.2. The maximum atomic E-state index is 12.8. The predicted molar refractivity (Wildman–Crippen MR) is 104 cm³/mol. The van der Waals surface area contributed by atoms with Gasteiger partial charge in [-0.1, -0.05) is 18.9 Å². The first-order valence-electron chi connectivity index (χ1n) is 8.98. The van der Waals surface area contributed by atoms with Crippen LogP contribution in [0.2, 0.25) is 0 Å². The van der Waals surface area contributed by atoms with Gasteiger partial charge in [0.1, 0.15) is 0 Å².